The number of rotatable bonds is 12. The largest absolute Gasteiger partial charge is 0.445 e. The molecule has 0 radical (unpaired) electrons. The van der Waals surface area contributed by atoms with E-state index in [1.54, 1.807) is 6.92 Å². The molecule has 9 nitrogen and oxygen atoms in total. The lowest BCUT2D eigenvalue weighted by atomic mass is 9.87. The number of unbranched alkanes of at least 4 members (excludes halogenated alkanes) is 1. The predicted octanol–water partition coefficient (Wildman–Crippen LogP) is 6.44. The lowest BCUT2D eigenvalue weighted by molar-refractivity contribution is -0.139. The highest BCUT2D eigenvalue weighted by atomic mass is 19.4. The van der Waals surface area contributed by atoms with Gasteiger partial charge in [0.1, 0.15) is 12.1 Å². The van der Waals surface area contributed by atoms with Crippen LogP contribution < -0.4 is 10.6 Å². The van der Waals surface area contributed by atoms with Crippen LogP contribution in [0.2, 0.25) is 0 Å². The van der Waals surface area contributed by atoms with Crippen LogP contribution in [-0.2, 0) is 26.9 Å². The fourth-order valence-electron chi connectivity index (χ4n) is 4.17. The predicted molar refractivity (Wildman–Crippen MR) is 153 cm³/mol. The van der Waals surface area contributed by atoms with Gasteiger partial charge in [-0.3, -0.25) is 9.59 Å². The summed E-state index contributed by atoms with van der Waals surface area (Å²) in [6, 6.07) is 12.0. The van der Waals surface area contributed by atoms with Crippen LogP contribution in [0.15, 0.2) is 59.0 Å². The minimum Gasteiger partial charge on any atom is -0.445 e. The van der Waals surface area contributed by atoms with Gasteiger partial charge in [0.15, 0.2) is 0 Å². The number of hydrogen-bond acceptors (Lipinski definition) is 7. The smallest absolute Gasteiger partial charge is 0.416 e. The van der Waals surface area contributed by atoms with E-state index >= 15 is 0 Å². The Morgan fingerprint density at radius 1 is 0.953 bits per heavy atom. The van der Waals surface area contributed by atoms with Gasteiger partial charge in [0, 0.05) is 5.56 Å². The second-order valence-electron chi connectivity index (χ2n) is 11.3. The van der Waals surface area contributed by atoms with Gasteiger partial charge < -0.3 is 19.8 Å². The van der Waals surface area contributed by atoms with Gasteiger partial charge in [-0.15, -0.1) is 10.2 Å². The summed E-state index contributed by atoms with van der Waals surface area (Å²) in [7, 11) is 0. The standard InChI is InChI=1S/C31H37F3N4O5/c1-6-7-13-23(26(39)27(40)35-19(2)20-11-9-8-10-12-20)36-29(41)42-24(30(3,4)5)18-25-37-38-28(43-25)21-14-16-22(17-15-21)31(32,33)34/h8-12,14-17,19,23-24H,6-7,13,18H2,1-5H3,(H,35,40)(H,36,41)/t19-,23+,24-/m1/s1. The Morgan fingerprint density at radius 2 is 1.60 bits per heavy atom. The summed E-state index contributed by atoms with van der Waals surface area (Å²) in [6.07, 6.45) is -4.56. The summed E-state index contributed by atoms with van der Waals surface area (Å²) in [5.41, 5.74) is -0.278. The molecule has 43 heavy (non-hydrogen) atoms. The van der Waals surface area contributed by atoms with Gasteiger partial charge in [-0.25, -0.2) is 4.79 Å². The Labute approximate surface area is 248 Å². The first kappa shape index (κ1) is 33.3. The molecule has 232 valence electrons. The minimum atomic E-state index is -4.47. The van der Waals surface area contributed by atoms with E-state index in [1.165, 1.54) is 12.1 Å². The van der Waals surface area contributed by atoms with Gasteiger partial charge in [0.2, 0.25) is 17.6 Å². The molecular weight excluding hydrogens is 565 g/mol. The van der Waals surface area contributed by atoms with E-state index in [4.69, 9.17) is 9.15 Å². The number of nitrogens with one attached hydrogen (secondary N) is 2. The van der Waals surface area contributed by atoms with E-state index in [1.807, 2.05) is 58.0 Å². The number of carbonyl (C=O) groups excluding carboxylic acids is 3. The molecule has 0 bridgehead atoms. The molecule has 2 N–H and O–H groups in total. The van der Waals surface area contributed by atoms with Crippen LogP contribution in [0.3, 0.4) is 0 Å². The van der Waals surface area contributed by atoms with E-state index in [0.717, 1.165) is 24.1 Å². The zero-order valence-corrected chi connectivity index (χ0v) is 24.8. The third-order valence-corrected chi connectivity index (χ3v) is 6.83. The van der Waals surface area contributed by atoms with Crippen molar-refractivity contribution in [2.75, 3.05) is 0 Å². The fraction of sp³-hybridized carbons (Fsp3) is 0.452. The molecule has 2 aromatic carbocycles. The van der Waals surface area contributed by atoms with Crippen molar-refractivity contribution in [2.24, 2.45) is 5.41 Å². The van der Waals surface area contributed by atoms with E-state index in [9.17, 15) is 27.6 Å². The number of alkyl halides is 3. The summed E-state index contributed by atoms with van der Waals surface area (Å²) < 4.78 is 50.0. The van der Waals surface area contributed by atoms with E-state index in [-0.39, 0.29) is 24.6 Å². The Morgan fingerprint density at radius 3 is 2.19 bits per heavy atom. The first-order chi connectivity index (χ1) is 20.2. The molecule has 1 heterocycles. The number of benzene rings is 2. The van der Waals surface area contributed by atoms with Gasteiger partial charge in [0.25, 0.3) is 5.91 Å². The monoisotopic (exact) mass is 602 g/mol. The van der Waals surface area contributed by atoms with Crippen LogP contribution >= 0.6 is 0 Å². The molecule has 3 rings (SSSR count). The summed E-state index contributed by atoms with van der Waals surface area (Å²) in [5, 5.41) is 13.1. The van der Waals surface area contributed by atoms with E-state index in [0.29, 0.717) is 12.0 Å². The average molecular weight is 603 g/mol. The molecular formula is C31H37F3N4O5. The quantitative estimate of drug-likeness (QED) is 0.229. The fourth-order valence-corrected chi connectivity index (χ4v) is 4.17. The van der Waals surface area contributed by atoms with Crippen LogP contribution in [0.4, 0.5) is 18.0 Å². The highest BCUT2D eigenvalue weighted by Gasteiger charge is 2.34. The Balaban J connectivity index is 1.67. The summed E-state index contributed by atoms with van der Waals surface area (Å²) in [5.74, 6) is -1.47. The average Bonchev–Trinajstić information content (AvgIpc) is 3.42. The third-order valence-electron chi connectivity index (χ3n) is 6.83. The van der Waals surface area contributed by atoms with Crippen molar-refractivity contribution in [1.29, 1.82) is 0 Å². The maximum Gasteiger partial charge on any atom is 0.416 e. The van der Waals surface area contributed by atoms with Crippen LogP contribution in [0, 0.1) is 5.41 Å². The zero-order valence-electron chi connectivity index (χ0n) is 24.8. The van der Waals surface area contributed by atoms with Gasteiger partial charge in [-0.05, 0) is 48.6 Å². The van der Waals surface area contributed by atoms with Crippen molar-refractivity contribution in [1.82, 2.24) is 20.8 Å². The Hall–Kier alpha value is -4.22. The van der Waals surface area contributed by atoms with Gasteiger partial charge in [-0.1, -0.05) is 70.9 Å². The molecule has 2 amide bonds. The molecule has 0 aliphatic heterocycles. The Bertz CT molecular complexity index is 1370. The van der Waals surface area contributed by atoms with Gasteiger partial charge in [-0.2, -0.15) is 13.2 Å². The SMILES string of the molecule is CCCC[C@H](NC(=O)O[C@H](Cc1nnc(-c2ccc(C(F)(F)F)cc2)o1)C(C)(C)C)C(=O)C(=O)N[C@H](C)c1ccccc1. The van der Waals surface area contributed by atoms with Gasteiger partial charge in [0.05, 0.1) is 18.0 Å². The van der Waals surface area contributed by atoms with E-state index < -0.39 is 53.1 Å². The lowest BCUT2D eigenvalue weighted by Crippen LogP contribution is -2.49. The maximum atomic E-state index is 13.1. The highest BCUT2D eigenvalue weighted by molar-refractivity contribution is 6.38. The first-order valence-electron chi connectivity index (χ1n) is 14.1. The molecule has 3 atom stereocenters. The Kier molecular flexibility index (Phi) is 11.1. The van der Waals surface area contributed by atoms with Crippen LogP contribution in [0.25, 0.3) is 11.5 Å². The van der Waals surface area contributed by atoms with Crippen LogP contribution in [0.1, 0.15) is 76.9 Å². The summed E-state index contributed by atoms with van der Waals surface area (Å²) >= 11 is 0. The summed E-state index contributed by atoms with van der Waals surface area (Å²) in [4.78, 5) is 38.8. The molecule has 3 aromatic rings. The highest BCUT2D eigenvalue weighted by Crippen LogP contribution is 2.31. The van der Waals surface area contributed by atoms with Crippen LogP contribution in [-0.4, -0.2) is 40.1 Å². The molecule has 1 aromatic heterocycles. The number of carbonyl (C=O) groups is 3. The van der Waals surface area contributed by atoms with Crippen molar-refractivity contribution in [3.8, 4) is 11.5 Å². The van der Waals surface area contributed by atoms with Crippen molar-refractivity contribution in [3.63, 3.8) is 0 Å². The third kappa shape index (κ3) is 9.65. The molecule has 0 fully saturated rings. The maximum absolute atomic E-state index is 13.1. The number of halogens is 3. The summed E-state index contributed by atoms with van der Waals surface area (Å²) in [6.45, 7) is 9.18. The molecule has 0 saturated carbocycles. The molecule has 0 spiro atoms. The molecule has 0 saturated heterocycles. The minimum absolute atomic E-state index is 0.00715. The second-order valence-corrected chi connectivity index (χ2v) is 11.3. The number of alkyl carbamates (subject to hydrolysis) is 1. The first-order valence-corrected chi connectivity index (χ1v) is 14.1. The van der Waals surface area contributed by atoms with Crippen molar-refractivity contribution in [3.05, 3.63) is 71.6 Å². The number of amides is 2. The molecule has 0 aliphatic rings. The number of aromatic nitrogens is 2. The van der Waals surface area contributed by atoms with Crippen molar-refractivity contribution < 1.29 is 36.7 Å². The normalized spacial score (nSPS) is 14.0. The number of ketones is 1. The zero-order chi connectivity index (χ0) is 31.8. The second kappa shape index (κ2) is 14.3. The molecule has 12 heteroatoms. The number of hydrogen-bond donors (Lipinski definition) is 2. The van der Waals surface area contributed by atoms with Crippen molar-refractivity contribution in [2.45, 2.75) is 84.7 Å². The topological polar surface area (TPSA) is 123 Å². The number of nitrogens with zero attached hydrogens (tertiary/aromatic N) is 2. The molecule has 0 unspecified atom stereocenters. The van der Waals surface area contributed by atoms with Crippen molar-refractivity contribution >= 4 is 17.8 Å². The number of Topliss-reactive ketones (excluding diaryl/α,β-unsaturated/α-hetero) is 1. The van der Waals surface area contributed by atoms with E-state index in [2.05, 4.69) is 20.8 Å². The molecule has 0 aliphatic carbocycles. The number of ether oxygens (including phenoxy) is 1. The lowest BCUT2D eigenvalue weighted by Gasteiger charge is -2.30. The van der Waals surface area contributed by atoms with Crippen LogP contribution in [0.5, 0.6) is 0 Å². The van der Waals surface area contributed by atoms with Gasteiger partial charge >= 0.3 is 12.3 Å².